The Balaban J connectivity index is 0.815. The number of rotatable bonds is 9. The van der Waals surface area contributed by atoms with E-state index in [1.54, 1.807) is 50.4 Å². The Morgan fingerprint density at radius 3 is 2.32 bits per heavy atom. The van der Waals surface area contributed by atoms with E-state index in [-0.39, 0.29) is 23.8 Å². The topological polar surface area (TPSA) is 198 Å². The van der Waals surface area contributed by atoms with Crippen LogP contribution in [0.25, 0.3) is 5.52 Å². The van der Waals surface area contributed by atoms with Gasteiger partial charge in [0.1, 0.15) is 11.8 Å². The molecule has 5 N–H and O–H groups in total. The number of carbonyl (C=O) groups is 3. The Labute approximate surface area is 350 Å². The number of nitrogens with one attached hydrogen (secondary N) is 2. The van der Waals surface area contributed by atoms with Crippen molar-refractivity contribution in [1.29, 1.82) is 5.26 Å². The summed E-state index contributed by atoms with van der Waals surface area (Å²) >= 11 is 0. The van der Waals surface area contributed by atoms with E-state index < -0.39 is 11.5 Å². The summed E-state index contributed by atoms with van der Waals surface area (Å²) in [6.07, 6.45) is 12.4. The lowest BCUT2D eigenvalue weighted by molar-refractivity contribution is -0.134. The second-order valence-electron chi connectivity index (χ2n) is 17.4. The molecule has 4 aromatic rings. The van der Waals surface area contributed by atoms with Crippen molar-refractivity contribution in [3.63, 3.8) is 0 Å². The average Bonchev–Trinajstić information content (AvgIpc) is 3.67. The number of aryl methyl sites for hydroxylation is 1. The molecule has 3 saturated heterocycles. The predicted octanol–water partition coefficient (Wildman–Crippen LogP) is 4.51. The van der Waals surface area contributed by atoms with Crippen molar-refractivity contribution in [2.45, 2.75) is 102 Å². The highest BCUT2D eigenvalue weighted by Gasteiger charge is 2.33. The van der Waals surface area contributed by atoms with Crippen LogP contribution in [0.4, 0.5) is 17.1 Å². The third-order valence-electron chi connectivity index (χ3n) is 13.0. The zero-order valence-electron chi connectivity index (χ0n) is 34.7. The Bertz CT molecular complexity index is 2340. The minimum absolute atomic E-state index is 0.183. The monoisotopic (exact) mass is 813 g/mol. The van der Waals surface area contributed by atoms with Crippen molar-refractivity contribution in [3.8, 4) is 6.07 Å². The van der Waals surface area contributed by atoms with Crippen LogP contribution in [-0.4, -0.2) is 111 Å². The molecule has 1 saturated carbocycles. The summed E-state index contributed by atoms with van der Waals surface area (Å²) in [6, 6.07) is 13.9. The molecule has 1 atom stereocenters. The number of nitriles is 1. The molecule has 60 heavy (non-hydrogen) atoms. The number of pyridine rings is 1. The highest BCUT2D eigenvalue weighted by atomic mass is 16.3. The van der Waals surface area contributed by atoms with E-state index in [2.05, 4.69) is 48.4 Å². The molecule has 4 fully saturated rings. The van der Waals surface area contributed by atoms with E-state index in [0.717, 1.165) is 94.7 Å². The quantitative estimate of drug-likeness (QED) is 0.105. The molecule has 1 unspecified atom stereocenters. The number of hydrogen-bond acceptors (Lipinski definition) is 12. The third kappa shape index (κ3) is 8.77. The molecule has 4 aliphatic rings. The van der Waals surface area contributed by atoms with Gasteiger partial charge in [-0.3, -0.25) is 39.5 Å². The minimum atomic E-state index is -1.27. The van der Waals surface area contributed by atoms with Gasteiger partial charge < -0.3 is 21.1 Å². The molecule has 3 amide bonds. The molecule has 0 bridgehead atoms. The SMILES string of the molecule is Cc1cc(C2CCC(=O)NC2=O)ncc1N1CCC(N2CCN(C3CCC(N=Cc4cc(NC(=O)c5ccc6cc(C#N)cnn56)c(C(C)(C)O)cc4N)CC3)CC2)CC1. The van der Waals surface area contributed by atoms with E-state index in [0.29, 0.717) is 64.2 Å². The summed E-state index contributed by atoms with van der Waals surface area (Å²) < 4.78 is 1.48. The molecule has 3 aromatic heterocycles. The van der Waals surface area contributed by atoms with Crippen molar-refractivity contribution in [2.24, 2.45) is 4.99 Å². The average molecular weight is 814 g/mol. The maximum atomic E-state index is 13.5. The molecule has 0 radical (unpaired) electrons. The van der Waals surface area contributed by atoms with Gasteiger partial charge in [-0.25, -0.2) is 4.52 Å². The molecule has 15 nitrogen and oxygen atoms in total. The van der Waals surface area contributed by atoms with Crippen LogP contribution in [0.5, 0.6) is 0 Å². The molecule has 0 spiro atoms. The molecular formula is C45H55N11O4. The number of aliphatic imine (C=N–C) groups is 1. The summed E-state index contributed by atoms with van der Waals surface area (Å²) in [5.74, 6) is -1.23. The zero-order valence-corrected chi connectivity index (χ0v) is 34.7. The van der Waals surface area contributed by atoms with Crippen LogP contribution in [-0.2, 0) is 15.2 Å². The first kappa shape index (κ1) is 41.1. The predicted molar refractivity (Wildman–Crippen MR) is 230 cm³/mol. The van der Waals surface area contributed by atoms with E-state index in [9.17, 15) is 24.8 Å². The number of carbonyl (C=O) groups excluding carboxylic acids is 3. The molecular weight excluding hydrogens is 759 g/mol. The standard InChI is InChI=1S/C45H55N11O4/c1-28-20-38(35-9-11-42(57)52-43(35)58)49-27-41(28)55-14-12-33(13-15-55)54-18-16-53(17-19-54)32-6-4-31(5-7-32)48-26-30-22-39(36(23-37(30)47)45(2,3)60)51-44(59)40-10-8-34-21-29(24-46)25-50-56(34)40/h8,10,20-23,25-27,31-33,35,60H,4-7,9,11-19,47H2,1-3H3,(H,51,59)(H,52,57,58). The summed E-state index contributed by atoms with van der Waals surface area (Å²) in [4.78, 5) is 54.9. The summed E-state index contributed by atoms with van der Waals surface area (Å²) in [7, 11) is 0. The van der Waals surface area contributed by atoms with Crippen molar-refractivity contribution >= 4 is 46.5 Å². The summed E-state index contributed by atoms with van der Waals surface area (Å²) in [6.45, 7) is 11.7. The molecule has 1 aliphatic carbocycles. The van der Waals surface area contributed by atoms with Crippen LogP contribution in [0.2, 0.25) is 0 Å². The number of fused-ring (bicyclic) bond motifs is 1. The maximum absolute atomic E-state index is 13.5. The number of amides is 3. The van der Waals surface area contributed by atoms with Gasteiger partial charge in [-0.05, 0) is 108 Å². The molecule has 8 rings (SSSR count). The van der Waals surface area contributed by atoms with E-state index in [4.69, 9.17) is 10.7 Å². The number of hydrogen-bond donors (Lipinski definition) is 4. The Morgan fingerprint density at radius 2 is 1.67 bits per heavy atom. The summed E-state index contributed by atoms with van der Waals surface area (Å²) in [5, 5.41) is 29.9. The number of benzene rings is 1. The number of piperazine rings is 1. The van der Waals surface area contributed by atoms with Crippen LogP contribution in [0.15, 0.2) is 53.8 Å². The smallest absolute Gasteiger partial charge is 0.274 e. The highest BCUT2D eigenvalue weighted by molar-refractivity contribution is 6.05. The first-order valence-corrected chi connectivity index (χ1v) is 21.3. The lowest BCUT2D eigenvalue weighted by Crippen LogP contribution is -2.55. The molecule has 1 aromatic carbocycles. The van der Waals surface area contributed by atoms with Crippen LogP contribution in [0, 0.1) is 18.3 Å². The molecule has 15 heteroatoms. The van der Waals surface area contributed by atoms with Crippen LogP contribution in [0.1, 0.15) is 110 Å². The van der Waals surface area contributed by atoms with Gasteiger partial charge in [0.25, 0.3) is 5.91 Å². The third-order valence-corrected chi connectivity index (χ3v) is 13.0. The van der Waals surface area contributed by atoms with Gasteiger partial charge in [-0.1, -0.05) is 0 Å². The lowest BCUT2D eigenvalue weighted by Gasteiger charge is -2.46. The van der Waals surface area contributed by atoms with Gasteiger partial charge in [-0.2, -0.15) is 10.4 Å². The number of nitrogens with two attached hydrogens (primary N) is 1. The van der Waals surface area contributed by atoms with Gasteiger partial charge in [-0.15, -0.1) is 0 Å². The number of aromatic nitrogens is 3. The van der Waals surface area contributed by atoms with Crippen molar-refractivity contribution in [2.75, 3.05) is 55.2 Å². The lowest BCUT2D eigenvalue weighted by atomic mass is 9.90. The Kier molecular flexibility index (Phi) is 11.7. The van der Waals surface area contributed by atoms with Crippen LogP contribution < -0.4 is 21.3 Å². The summed E-state index contributed by atoms with van der Waals surface area (Å²) in [5.41, 5.74) is 11.6. The number of nitrogens with zero attached hydrogens (tertiary/aromatic N) is 8. The number of piperidine rings is 2. The van der Waals surface area contributed by atoms with Gasteiger partial charge in [0.2, 0.25) is 11.8 Å². The number of aliphatic hydroxyl groups is 1. The van der Waals surface area contributed by atoms with Crippen LogP contribution in [0.3, 0.4) is 0 Å². The molecule has 314 valence electrons. The largest absolute Gasteiger partial charge is 0.398 e. The fourth-order valence-electron chi connectivity index (χ4n) is 9.54. The van der Waals surface area contributed by atoms with Gasteiger partial charge in [0, 0.05) is 86.5 Å². The maximum Gasteiger partial charge on any atom is 0.274 e. The second-order valence-corrected chi connectivity index (χ2v) is 17.4. The first-order chi connectivity index (χ1) is 28.8. The Morgan fingerprint density at radius 1 is 0.967 bits per heavy atom. The fraction of sp³-hybridized carbons (Fsp3) is 0.489. The van der Waals surface area contributed by atoms with Crippen molar-refractivity contribution in [1.82, 2.24) is 29.7 Å². The van der Waals surface area contributed by atoms with E-state index in [1.807, 2.05) is 12.3 Å². The second kappa shape index (κ2) is 17.1. The number of imide groups is 1. The van der Waals surface area contributed by atoms with Crippen molar-refractivity contribution in [3.05, 3.63) is 82.4 Å². The number of anilines is 3. The van der Waals surface area contributed by atoms with Gasteiger partial charge in [0.05, 0.1) is 52.4 Å². The van der Waals surface area contributed by atoms with Gasteiger partial charge >= 0.3 is 0 Å². The Hall–Kier alpha value is -5.69. The van der Waals surface area contributed by atoms with E-state index >= 15 is 0 Å². The van der Waals surface area contributed by atoms with Gasteiger partial charge in [0.15, 0.2) is 0 Å². The number of nitrogen functional groups attached to an aromatic ring is 1. The van der Waals surface area contributed by atoms with Crippen molar-refractivity contribution < 1.29 is 19.5 Å². The normalized spacial score (nSPS) is 22.6. The fourth-order valence-corrected chi connectivity index (χ4v) is 9.54. The highest BCUT2D eigenvalue weighted by Crippen LogP contribution is 2.34. The van der Waals surface area contributed by atoms with E-state index in [1.165, 1.54) is 10.7 Å². The molecule has 3 aliphatic heterocycles. The minimum Gasteiger partial charge on any atom is -0.398 e. The molecule has 6 heterocycles. The zero-order chi connectivity index (χ0) is 42.1. The first-order valence-electron chi connectivity index (χ1n) is 21.3. The van der Waals surface area contributed by atoms with Crippen LogP contribution >= 0.6 is 0 Å².